The summed E-state index contributed by atoms with van der Waals surface area (Å²) in [4.78, 5) is 4.43. The summed E-state index contributed by atoms with van der Waals surface area (Å²) in [6, 6.07) is 20.4. The van der Waals surface area contributed by atoms with E-state index in [2.05, 4.69) is 16.8 Å². The molecule has 0 fully saturated rings. The molecule has 0 radical (unpaired) electrons. The SMILES string of the molecule is COc1cc(-c2ccccc2)cc2ncc(C#Cc3ccccc3F)n12. The number of ether oxygens (including phenoxy) is 1. The van der Waals surface area contributed by atoms with Crippen LogP contribution < -0.4 is 4.74 Å². The summed E-state index contributed by atoms with van der Waals surface area (Å²) in [5.74, 6) is 6.13. The molecule has 0 unspecified atom stereocenters. The molecular weight excluding hydrogens is 327 g/mol. The van der Waals surface area contributed by atoms with E-state index in [-0.39, 0.29) is 5.82 Å². The maximum absolute atomic E-state index is 13.8. The predicted molar refractivity (Wildman–Crippen MR) is 99.6 cm³/mol. The fourth-order valence-electron chi connectivity index (χ4n) is 2.81. The van der Waals surface area contributed by atoms with E-state index >= 15 is 0 Å². The molecule has 4 rings (SSSR count). The van der Waals surface area contributed by atoms with Crippen molar-refractivity contribution in [1.82, 2.24) is 9.38 Å². The van der Waals surface area contributed by atoms with Crippen molar-refractivity contribution in [2.45, 2.75) is 0 Å². The Bertz CT molecular complexity index is 1140. The third-order valence-corrected chi connectivity index (χ3v) is 4.09. The number of pyridine rings is 1. The highest BCUT2D eigenvalue weighted by molar-refractivity contribution is 5.70. The minimum Gasteiger partial charge on any atom is -0.482 e. The lowest BCUT2D eigenvalue weighted by Crippen LogP contribution is -1.97. The van der Waals surface area contributed by atoms with Gasteiger partial charge in [-0.05, 0) is 35.2 Å². The van der Waals surface area contributed by atoms with E-state index in [0.29, 0.717) is 17.1 Å². The number of hydrogen-bond acceptors (Lipinski definition) is 2. The average Bonchev–Trinajstić information content (AvgIpc) is 3.10. The van der Waals surface area contributed by atoms with Gasteiger partial charge in [0.25, 0.3) is 0 Å². The zero-order chi connectivity index (χ0) is 17.9. The predicted octanol–water partition coefficient (Wildman–Crippen LogP) is 4.55. The molecule has 2 aromatic carbocycles. The van der Waals surface area contributed by atoms with Crippen molar-refractivity contribution in [3.63, 3.8) is 0 Å². The number of benzene rings is 2. The molecule has 0 aliphatic rings. The molecule has 2 heterocycles. The molecule has 0 aliphatic carbocycles. The van der Waals surface area contributed by atoms with Crippen molar-refractivity contribution in [3.05, 3.63) is 90.0 Å². The molecular formula is C22H15FN2O. The van der Waals surface area contributed by atoms with E-state index in [1.807, 2.05) is 46.9 Å². The second-order valence-corrected chi connectivity index (χ2v) is 5.72. The summed E-state index contributed by atoms with van der Waals surface area (Å²) in [7, 11) is 1.61. The molecule has 26 heavy (non-hydrogen) atoms. The van der Waals surface area contributed by atoms with Crippen LogP contribution in [-0.2, 0) is 0 Å². The highest BCUT2D eigenvalue weighted by atomic mass is 19.1. The number of fused-ring (bicyclic) bond motifs is 1. The van der Waals surface area contributed by atoms with Crippen molar-refractivity contribution in [2.24, 2.45) is 0 Å². The maximum Gasteiger partial charge on any atom is 0.200 e. The maximum atomic E-state index is 13.8. The van der Waals surface area contributed by atoms with Crippen LogP contribution in [0.5, 0.6) is 5.88 Å². The van der Waals surface area contributed by atoms with Crippen molar-refractivity contribution in [2.75, 3.05) is 7.11 Å². The van der Waals surface area contributed by atoms with Gasteiger partial charge in [-0.3, -0.25) is 4.40 Å². The molecule has 0 N–H and O–H groups in total. The average molecular weight is 342 g/mol. The number of rotatable bonds is 2. The van der Waals surface area contributed by atoms with Gasteiger partial charge in [-0.25, -0.2) is 9.37 Å². The van der Waals surface area contributed by atoms with Crippen molar-refractivity contribution < 1.29 is 9.13 Å². The third-order valence-electron chi connectivity index (χ3n) is 4.09. The normalized spacial score (nSPS) is 10.4. The van der Waals surface area contributed by atoms with Crippen LogP contribution in [0, 0.1) is 17.7 Å². The molecule has 0 amide bonds. The van der Waals surface area contributed by atoms with Crippen LogP contribution in [0.4, 0.5) is 4.39 Å². The van der Waals surface area contributed by atoms with Crippen molar-refractivity contribution in [1.29, 1.82) is 0 Å². The second kappa shape index (κ2) is 6.73. The number of aromatic nitrogens is 2. The Morgan fingerprint density at radius 2 is 1.69 bits per heavy atom. The zero-order valence-corrected chi connectivity index (χ0v) is 14.1. The van der Waals surface area contributed by atoms with Crippen LogP contribution in [0.2, 0.25) is 0 Å². The Balaban J connectivity index is 1.83. The number of nitrogens with zero attached hydrogens (tertiary/aromatic N) is 2. The first-order valence-electron chi connectivity index (χ1n) is 8.14. The molecule has 4 aromatic rings. The van der Waals surface area contributed by atoms with E-state index < -0.39 is 0 Å². The fourth-order valence-corrected chi connectivity index (χ4v) is 2.81. The Morgan fingerprint density at radius 3 is 2.46 bits per heavy atom. The van der Waals surface area contributed by atoms with E-state index in [1.165, 1.54) is 6.07 Å². The minimum absolute atomic E-state index is 0.341. The summed E-state index contributed by atoms with van der Waals surface area (Å²) in [5, 5.41) is 0. The lowest BCUT2D eigenvalue weighted by Gasteiger charge is -2.09. The highest BCUT2D eigenvalue weighted by Gasteiger charge is 2.10. The van der Waals surface area contributed by atoms with Gasteiger partial charge in [0.05, 0.1) is 18.9 Å². The molecule has 0 aliphatic heterocycles. The van der Waals surface area contributed by atoms with Crippen LogP contribution in [0.25, 0.3) is 16.8 Å². The lowest BCUT2D eigenvalue weighted by atomic mass is 10.1. The molecule has 2 aromatic heterocycles. The van der Waals surface area contributed by atoms with Gasteiger partial charge >= 0.3 is 0 Å². The molecule has 0 saturated carbocycles. The molecule has 0 atom stereocenters. The summed E-state index contributed by atoms with van der Waals surface area (Å²) in [6.45, 7) is 0. The highest BCUT2D eigenvalue weighted by Crippen LogP contribution is 2.27. The third kappa shape index (κ3) is 2.91. The first-order chi connectivity index (χ1) is 12.8. The van der Waals surface area contributed by atoms with Gasteiger partial charge in [0.1, 0.15) is 17.2 Å². The zero-order valence-electron chi connectivity index (χ0n) is 14.1. The summed E-state index contributed by atoms with van der Waals surface area (Å²) < 4.78 is 21.1. The summed E-state index contributed by atoms with van der Waals surface area (Å²) >= 11 is 0. The Hall–Kier alpha value is -3.58. The van der Waals surface area contributed by atoms with Crippen LogP contribution in [0.1, 0.15) is 11.3 Å². The topological polar surface area (TPSA) is 26.5 Å². The summed E-state index contributed by atoms with van der Waals surface area (Å²) in [6.07, 6.45) is 1.67. The fraction of sp³-hybridized carbons (Fsp3) is 0.0455. The largest absolute Gasteiger partial charge is 0.482 e. The van der Waals surface area contributed by atoms with Crippen LogP contribution >= 0.6 is 0 Å². The van der Waals surface area contributed by atoms with Gasteiger partial charge in [0, 0.05) is 6.07 Å². The number of hydrogen-bond donors (Lipinski definition) is 0. The molecule has 4 heteroatoms. The van der Waals surface area contributed by atoms with Crippen LogP contribution in [-0.4, -0.2) is 16.5 Å². The minimum atomic E-state index is -0.341. The van der Waals surface area contributed by atoms with E-state index in [4.69, 9.17) is 4.74 Å². The smallest absolute Gasteiger partial charge is 0.200 e. The van der Waals surface area contributed by atoms with Crippen LogP contribution in [0.15, 0.2) is 72.9 Å². The number of halogens is 1. The Kier molecular flexibility index (Phi) is 4.12. The first-order valence-corrected chi connectivity index (χ1v) is 8.14. The first kappa shape index (κ1) is 15.9. The molecule has 0 spiro atoms. The van der Waals surface area contributed by atoms with Crippen molar-refractivity contribution in [3.8, 4) is 28.8 Å². The summed E-state index contributed by atoms with van der Waals surface area (Å²) in [5.41, 5.74) is 3.80. The Morgan fingerprint density at radius 1 is 0.923 bits per heavy atom. The van der Waals surface area contributed by atoms with Gasteiger partial charge in [-0.2, -0.15) is 0 Å². The Labute approximate surface area is 150 Å². The van der Waals surface area contributed by atoms with Crippen LogP contribution in [0.3, 0.4) is 0 Å². The molecule has 0 saturated heterocycles. The standard InChI is InChI=1S/C22H15FN2O/c1-26-22-14-18(16-7-3-2-4-8-16)13-21-24-15-19(25(21)22)12-11-17-9-5-6-10-20(17)23/h2-10,13-15H,1H3. The lowest BCUT2D eigenvalue weighted by molar-refractivity contribution is 0.392. The second-order valence-electron chi connectivity index (χ2n) is 5.72. The van der Waals surface area contributed by atoms with Crippen molar-refractivity contribution >= 4 is 5.65 Å². The molecule has 126 valence electrons. The van der Waals surface area contributed by atoms with Gasteiger partial charge < -0.3 is 4.74 Å². The van der Waals surface area contributed by atoms with Gasteiger partial charge in [0.15, 0.2) is 0 Å². The monoisotopic (exact) mass is 342 g/mol. The van der Waals surface area contributed by atoms with E-state index in [1.54, 1.807) is 31.5 Å². The van der Waals surface area contributed by atoms with Gasteiger partial charge in [-0.1, -0.05) is 48.4 Å². The molecule has 0 bridgehead atoms. The van der Waals surface area contributed by atoms with Gasteiger partial charge in [-0.15, -0.1) is 0 Å². The van der Waals surface area contributed by atoms with Gasteiger partial charge in [0.2, 0.25) is 5.88 Å². The quantitative estimate of drug-likeness (QED) is 0.500. The number of methoxy groups -OCH3 is 1. The van der Waals surface area contributed by atoms with E-state index in [9.17, 15) is 4.39 Å². The van der Waals surface area contributed by atoms with E-state index in [0.717, 1.165) is 16.8 Å². The number of imidazole rings is 1. The molecule has 3 nitrogen and oxygen atoms in total.